The highest BCUT2D eigenvalue weighted by atomic mass is 16.5. The van der Waals surface area contributed by atoms with Gasteiger partial charge in [-0.05, 0) is 36.4 Å². The van der Waals surface area contributed by atoms with Gasteiger partial charge in [0.25, 0.3) is 0 Å². The van der Waals surface area contributed by atoms with Crippen molar-refractivity contribution in [1.82, 2.24) is 4.98 Å². The minimum Gasteiger partial charge on any atom is -0.487 e. The lowest BCUT2D eigenvalue weighted by Gasteiger charge is -2.05. The molecule has 1 aromatic carbocycles. The Morgan fingerprint density at radius 3 is 2.61 bits per heavy atom. The first-order valence-corrected chi connectivity index (χ1v) is 5.70. The number of hydrogen-bond acceptors (Lipinski definition) is 3. The largest absolute Gasteiger partial charge is 0.487 e. The number of aromatic nitrogens is 1. The van der Waals surface area contributed by atoms with Gasteiger partial charge in [-0.15, -0.1) is 0 Å². The highest BCUT2D eigenvalue weighted by molar-refractivity contribution is 5.38. The fourth-order valence-electron chi connectivity index (χ4n) is 1.43. The molecule has 0 unspecified atom stereocenters. The second-order valence-corrected chi connectivity index (χ2v) is 3.64. The van der Waals surface area contributed by atoms with Crippen LogP contribution in [0.3, 0.4) is 0 Å². The van der Waals surface area contributed by atoms with E-state index in [0.29, 0.717) is 13.2 Å². The quantitative estimate of drug-likeness (QED) is 0.832. The van der Waals surface area contributed by atoms with Crippen molar-refractivity contribution >= 4 is 0 Å². The molecule has 0 saturated heterocycles. The van der Waals surface area contributed by atoms with Gasteiger partial charge in [0.05, 0.1) is 12.2 Å². The van der Waals surface area contributed by atoms with Crippen LogP contribution >= 0.6 is 0 Å². The van der Waals surface area contributed by atoms with Crippen molar-refractivity contribution in [3.8, 4) is 17.6 Å². The van der Waals surface area contributed by atoms with Gasteiger partial charge in [0, 0.05) is 11.8 Å². The third-order valence-electron chi connectivity index (χ3n) is 2.30. The van der Waals surface area contributed by atoms with E-state index in [1.807, 2.05) is 42.5 Å². The van der Waals surface area contributed by atoms with Gasteiger partial charge in [-0.3, -0.25) is 4.98 Å². The molecule has 0 saturated carbocycles. The van der Waals surface area contributed by atoms with Crippen molar-refractivity contribution in [3.05, 3.63) is 59.9 Å². The lowest BCUT2D eigenvalue weighted by atomic mass is 10.2. The van der Waals surface area contributed by atoms with Gasteiger partial charge < -0.3 is 10.5 Å². The number of hydrogen-bond donors (Lipinski definition) is 1. The molecule has 2 N–H and O–H groups in total. The van der Waals surface area contributed by atoms with Gasteiger partial charge in [-0.25, -0.2) is 0 Å². The average molecular weight is 238 g/mol. The summed E-state index contributed by atoms with van der Waals surface area (Å²) >= 11 is 0. The van der Waals surface area contributed by atoms with Crippen LogP contribution in [0.25, 0.3) is 0 Å². The van der Waals surface area contributed by atoms with Crippen LogP contribution < -0.4 is 10.5 Å². The molecule has 0 bridgehead atoms. The van der Waals surface area contributed by atoms with E-state index < -0.39 is 0 Å². The lowest BCUT2D eigenvalue weighted by molar-refractivity contribution is 0.301. The monoisotopic (exact) mass is 238 g/mol. The fourth-order valence-corrected chi connectivity index (χ4v) is 1.43. The molecule has 1 heterocycles. The summed E-state index contributed by atoms with van der Waals surface area (Å²) < 4.78 is 5.62. The molecule has 0 amide bonds. The van der Waals surface area contributed by atoms with Crippen LogP contribution in [0.15, 0.2) is 48.7 Å². The minimum atomic E-state index is 0.373. The maximum absolute atomic E-state index is 5.62. The van der Waals surface area contributed by atoms with E-state index in [4.69, 9.17) is 10.5 Å². The summed E-state index contributed by atoms with van der Waals surface area (Å²) in [5.74, 6) is 6.58. The highest BCUT2D eigenvalue weighted by Crippen LogP contribution is 2.13. The normalized spacial score (nSPS) is 9.39. The Morgan fingerprint density at radius 1 is 1.11 bits per heavy atom. The predicted octanol–water partition coefficient (Wildman–Crippen LogP) is 1.97. The van der Waals surface area contributed by atoms with E-state index in [1.54, 1.807) is 6.20 Å². The summed E-state index contributed by atoms with van der Waals surface area (Å²) in [6.45, 7) is 0.840. The number of ether oxygens (including phenoxy) is 1. The Kier molecular flexibility index (Phi) is 4.34. The summed E-state index contributed by atoms with van der Waals surface area (Å²) in [5, 5.41) is 0. The molecule has 2 rings (SSSR count). The minimum absolute atomic E-state index is 0.373. The van der Waals surface area contributed by atoms with Gasteiger partial charge in [-0.2, -0.15) is 0 Å². The summed E-state index contributed by atoms with van der Waals surface area (Å²) in [4.78, 5) is 4.19. The SMILES string of the molecule is NCC#Cc1ccc(OCc2ccccn2)cc1. The topological polar surface area (TPSA) is 48.1 Å². The lowest BCUT2D eigenvalue weighted by Crippen LogP contribution is -1.97. The zero-order valence-electron chi connectivity index (χ0n) is 9.97. The standard InChI is InChI=1S/C15H14N2O/c16-10-3-4-13-6-8-15(9-7-13)18-12-14-5-1-2-11-17-14/h1-2,5-9,11H,10,12,16H2. The van der Waals surface area contributed by atoms with Gasteiger partial charge in [-0.1, -0.05) is 17.9 Å². The molecule has 0 radical (unpaired) electrons. The molecule has 1 aromatic heterocycles. The maximum Gasteiger partial charge on any atom is 0.130 e. The van der Waals surface area contributed by atoms with Crippen LogP contribution in [0.1, 0.15) is 11.3 Å². The molecular weight excluding hydrogens is 224 g/mol. The van der Waals surface area contributed by atoms with E-state index in [9.17, 15) is 0 Å². The zero-order valence-corrected chi connectivity index (χ0v) is 9.97. The fraction of sp³-hybridized carbons (Fsp3) is 0.133. The Balaban J connectivity index is 1.94. The third-order valence-corrected chi connectivity index (χ3v) is 2.30. The zero-order chi connectivity index (χ0) is 12.6. The molecule has 90 valence electrons. The second-order valence-electron chi connectivity index (χ2n) is 3.64. The summed E-state index contributed by atoms with van der Waals surface area (Å²) in [5.41, 5.74) is 7.16. The van der Waals surface area contributed by atoms with Crippen LogP contribution in [-0.2, 0) is 6.61 Å². The molecule has 3 nitrogen and oxygen atoms in total. The van der Waals surface area contributed by atoms with Crippen molar-refractivity contribution in [2.45, 2.75) is 6.61 Å². The second kappa shape index (κ2) is 6.43. The number of benzene rings is 1. The Bertz CT molecular complexity index is 538. The number of pyridine rings is 1. The molecule has 0 aliphatic rings. The third kappa shape index (κ3) is 3.62. The summed E-state index contributed by atoms with van der Waals surface area (Å²) in [7, 11) is 0. The number of nitrogens with two attached hydrogens (primary N) is 1. The Labute approximate surface area is 107 Å². The molecule has 0 aliphatic heterocycles. The molecule has 0 spiro atoms. The van der Waals surface area contributed by atoms with Crippen LogP contribution in [0.4, 0.5) is 0 Å². The van der Waals surface area contributed by atoms with Gasteiger partial charge >= 0.3 is 0 Å². The number of nitrogens with zero attached hydrogens (tertiary/aromatic N) is 1. The van der Waals surface area contributed by atoms with Crippen molar-refractivity contribution < 1.29 is 4.74 Å². The molecule has 3 heteroatoms. The van der Waals surface area contributed by atoms with Crippen molar-refractivity contribution in [1.29, 1.82) is 0 Å². The van der Waals surface area contributed by atoms with Gasteiger partial charge in [0.15, 0.2) is 0 Å². The molecule has 18 heavy (non-hydrogen) atoms. The molecular formula is C15H14N2O. The summed E-state index contributed by atoms with van der Waals surface area (Å²) in [6, 6.07) is 13.4. The van der Waals surface area contributed by atoms with E-state index in [-0.39, 0.29) is 0 Å². The summed E-state index contributed by atoms with van der Waals surface area (Å²) in [6.07, 6.45) is 1.75. The Hall–Kier alpha value is -2.31. The van der Waals surface area contributed by atoms with Crippen LogP contribution in [-0.4, -0.2) is 11.5 Å². The molecule has 0 aliphatic carbocycles. The molecule has 0 atom stereocenters. The van der Waals surface area contributed by atoms with Gasteiger partial charge in [0.1, 0.15) is 12.4 Å². The first-order valence-electron chi connectivity index (χ1n) is 5.70. The van der Waals surface area contributed by atoms with Crippen molar-refractivity contribution in [2.75, 3.05) is 6.54 Å². The average Bonchev–Trinajstić information content (AvgIpc) is 2.45. The van der Waals surface area contributed by atoms with Crippen LogP contribution in [0.5, 0.6) is 5.75 Å². The highest BCUT2D eigenvalue weighted by Gasteiger charge is 1.96. The Morgan fingerprint density at radius 2 is 1.94 bits per heavy atom. The molecule has 2 aromatic rings. The van der Waals surface area contributed by atoms with Crippen LogP contribution in [0.2, 0.25) is 0 Å². The van der Waals surface area contributed by atoms with Crippen molar-refractivity contribution in [3.63, 3.8) is 0 Å². The van der Waals surface area contributed by atoms with Crippen molar-refractivity contribution in [2.24, 2.45) is 5.73 Å². The van der Waals surface area contributed by atoms with Gasteiger partial charge in [0.2, 0.25) is 0 Å². The van der Waals surface area contributed by atoms with Crippen LogP contribution in [0, 0.1) is 11.8 Å². The first kappa shape index (κ1) is 12.2. The maximum atomic E-state index is 5.62. The number of rotatable bonds is 3. The predicted molar refractivity (Wildman–Crippen MR) is 70.9 cm³/mol. The smallest absolute Gasteiger partial charge is 0.130 e. The van der Waals surface area contributed by atoms with E-state index in [2.05, 4.69) is 16.8 Å². The van der Waals surface area contributed by atoms with E-state index >= 15 is 0 Å². The van der Waals surface area contributed by atoms with E-state index in [1.165, 1.54) is 0 Å². The van der Waals surface area contributed by atoms with E-state index in [0.717, 1.165) is 17.0 Å². The first-order chi connectivity index (χ1) is 8.88. The molecule has 0 fully saturated rings.